The van der Waals surface area contributed by atoms with Crippen LogP contribution in [0, 0.1) is 0 Å². The van der Waals surface area contributed by atoms with Gasteiger partial charge in [0.2, 0.25) is 23.6 Å². The topological polar surface area (TPSA) is 246 Å². The van der Waals surface area contributed by atoms with Crippen molar-refractivity contribution < 1.29 is 29.1 Å². The summed E-state index contributed by atoms with van der Waals surface area (Å²) >= 11 is 0. The molecule has 12 N–H and O–H groups in total. The number of carbonyl (C=O) groups excluding carboxylic acids is 4. The van der Waals surface area contributed by atoms with Gasteiger partial charge in [-0.3, -0.25) is 19.2 Å². The summed E-state index contributed by atoms with van der Waals surface area (Å²) in [4.78, 5) is 58.6. The zero-order valence-electron chi connectivity index (χ0n) is 17.6. The molecule has 0 rings (SSSR count). The molecule has 0 saturated heterocycles. The van der Waals surface area contributed by atoms with Gasteiger partial charge in [0.25, 0.3) is 0 Å². The summed E-state index contributed by atoms with van der Waals surface area (Å²) in [6.07, 6.45) is 2.70. The third-order valence-electron chi connectivity index (χ3n) is 4.35. The monoisotopic (exact) mass is 445 g/mol. The number of hydrogen-bond donors (Lipinski definition) is 8. The lowest BCUT2D eigenvalue weighted by Crippen LogP contribution is -2.53. The predicted octanol–water partition coefficient (Wildman–Crippen LogP) is -3.38. The number of nitrogens with two attached hydrogens (primary N) is 4. The molecule has 31 heavy (non-hydrogen) atoms. The van der Waals surface area contributed by atoms with Crippen LogP contribution in [0.1, 0.15) is 44.9 Å². The Kier molecular flexibility index (Phi) is 14.6. The number of hydrogen-bond acceptors (Lipinski definition) is 8. The minimum absolute atomic E-state index is 0.283. The van der Waals surface area contributed by atoms with Crippen molar-refractivity contribution >= 4 is 29.6 Å². The summed E-state index contributed by atoms with van der Waals surface area (Å²) < 4.78 is 0. The third kappa shape index (κ3) is 13.2. The first kappa shape index (κ1) is 28.2. The van der Waals surface area contributed by atoms with Crippen LogP contribution >= 0.6 is 0 Å². The van der Waals surface area contributed by atoms with Crippen molar-refractivity contribution in [3.8, 4) is 0 Å². The fraction of sp³-hybridized carbons (Fsp3) is 0.722. The number of nitrogens with one attached hydrogen (secondary N) is 3. The Morgan fingerprint density at radius 3 is 1.90 bits per heavy atom. The van der Waals surface area contributed by atoms with E-state index in [-0.39, 0.29) is 6.42 Å². The van der Waals surface area contributed by atoms with Crippen molar-refractivity contribution in [1.29, 1.82) is 0 Å². The zero-order valence-corrected chi connectivity index (χ0v) is 17.6. The standard InChI is InChI=1S/C18H35N7O6/c19-7-3-1-5-11(21)16(28)25-12(6-2-4-8-20)17(29)23-10-15(27)24-13(18(30)31)9-14(22)26/h11-13H,1-10,19-21H2,(H2,22,26)(H,23,29)(H,24,27)(H,25,28)(H,30,31)/t11-,12-,13-/m0/s1. The Morgan fingerprint density at radius 2 is 1.39 bits per heavy atom. The predicted molar refractivity (Wildman–Crippen MR) is 112 cm³/mol. The molecule has 0 aromatic rings. The molecule has 0 saturated carbocycles. The highest BCUT2D eigenvalue weighted by Crippen LogP contribution is 2.04. The highest BCUT2D eigenvalue weighted by atomic mass is 16.4. The van der Waals surface area contributed by atoms with Crippen molar-refractivity contribution in [2.24, 2.45) is 22.9 Å². The molecule has 3 atom stereocenters. The van der Waals surface area contributed by atoms with E-state index >= 15 is 0 Å². The van der Waals surface area contributed by atoms with Crippen molar-refractivity contribution in [2.75, 3.05) is 19.6 Å². The van der Waals surface area contributed by atoms with Crippen LogP contribution < -0.4 is 38.9 Å². The Balaban J connectivity index is 4.81. The number of carbonyl (C=O) groups is 5. The molecule has 13 heteroatoms. The number of carboxylic acid groups (broad SMARTS) is 1. The summed E-state index contributed by atoms with van der Waals surface area (Å²) in [6.45, 7) is 0.357. The van der Waals surface area contributed by atoms with Gasteiger partial charge >= 0.3 is 5.97 Å². The maximum Gasteiger partial charge on any atom is 0.326 e. The third-order valence-corrected chi connectivity index (χ3v) is 4.35. The summed E-state index contributed by atoms with van der Waals surface area (Å²) in [7, 11) is 0. The highest BCUT2D eigenvalue weighted by Gasteiger charge is 2.25. The molecule has 0 aromatic carbocycles. The van der Waals surface area contributed by atoms with Crippen LogP contribution in [-0.2, 0) is 24.0 Å². The van der Waals surface area contributed by atoms with E-state index in [1.54, 1.807) is 0 Å². The number of unbranched alkanes of at least 4 members (excludes halogenated alkanes) is 2. The van der Waals surface area contributed by atoms with Gasteiger partial charge in [0, 0.05) is 0 Å². The maximum atomic E-state index is 12.5. The van der Waals surface area contributed by atoms with Crippen LogP contribution in [0.4, 0.5) is 0 Å². The molecule has 0 heterocycles. The molecule has 0 aliphatic carbocycles. The van der Waals surface area contributed by atoms with Gasteiger partial charge in [-0.25, -0.2) is 4.79 Å². The number of amides is 4. The van der Waals surface area contributed by atoms with Crippen molar-refractivity contribution in [1.82, 2.24) is 16.0 Å². The summed E-state index contributed by atoms with van der Waals surface area (Å²) in [5, 5.41) is 16.0. The van der Waals surface area contributed by atoms with Gasteiger partial charge in [-0.15, -0.1) is 0 Å². The number of primary amides is 1. The van der Waals surface area contributed by atoms with Gasteiger partial charge < -0.3 is 44.0 Å². The number of rotatable bonds is 17. The average Bonchev–Trinajstić information content (AvgIpc) is 2.70. The lowest BCUT2D eigenvalue weighted by Gasteiger charge is -2.21. The van der Waals surface area contributed by atoms with Crippen molar-refractivity contribution in [2.45, 2.75) is 63.1 Å². The van der Waals surface area contributed by atoms with Crippen LogP contribution in [0.5, 0.6) is 0 Å². The van der Waals surface area contributed by atoms with E-state index in [2.05, 4.69) is 16.0 Å². The summed E-state index contributed by atoms with van der Waals surface area (Å²) in [5.74, 6) is -4.29. The Morgan fingerprint density at radius 1 is 0.806 bits per heavy atom. The molecule has 0 unspecified atom stereocenters. The molecular weight excluding hydrogens is 410 g/mol. The van der Waals surface area contributed by atoms with E-state index in [9.17, 15) is 24.0 Å². The number of carboxylic acids is 1. The first-order chi connectivity index (χ1) is 14.6. The smallest absolute Gasteiger partial charge is 0.326 e. The van der Waals surface area contributed by atoms with Crippen LogP contribution in [0.25, 0.3) is 0 Å². The van der Waals surface area contributed by atoms with Crippen molar-refractivity contribution in [3.63, 3.8) is 0 Å². The molecule has 0 bridgehead atoms. The normalized spacial score (nSPS) is 13.5. The van der Waals surface area contributed by atoms with E-state index in [1.165, 1.54) is 0 Å². The molecule has 178 valence electrons. The van der Waals surface area contributed by atoms with Crippen LogP contribution in [0.3, 0.4) is 0 Å². The lowest BCUT2D eigenvalue weighted by molar-refractivity contribution is -0.143. The minimum atomic E-state index is -1.51. The molecule has 4 amide bonds. The SMILES string of the molecule is NCCCC[C@H](NC(=O)[C@@H](N)CCCCN)C(=O)NCC(=O)N[C@@H](CC(N)=O)C(=O)O. The lowest BCUT2D eigenvalue weighted by atomic mass is 10.1. The molecule has 0 radical (unpaired) electrons. The molecular formula is C18H35N7O6. The van der Waals surface area contributed by atoms with Gasteiger partial charge in [-0.05, 0) is 45.2 Å². The molecule has 0 spiro atoms. The summed E-state index contributed by atoms with van der Waals surface area (Å²) in [6, 6.07) is -3.24. The van der Waals surface area contributed by atoms with E-state index < -0.39 is 60.7 Å². The molecule has 0 aliphatic heterocycles. The second kappa shape index (κ2) is 16.0. The van der Waals surface area contributed by atoms with Crippen LogP contribution in [0.2, 0.25) is 0 Å². The number of aliphatic carboxylic acids is 1. The molecule has 0 aromatic heterocycles. The molecule has 0 fully saturated rings. The van der Waals surface area contributed by atoms with Crippen LogP contribution in [0.15, 0.2) is 0 Å². The van der Waals surface area contributed by atoms with E-state index in [4.69, 9.17) is 28.0 Å². The minimum Gasteiger partial charge on any atom is -0.480 e. The van der Waals surface area contributed by atoms with Gasteiger partial charge in [-0.1, -0.05) is 6.42 Å². The second-order valence-corrected chi connectivity index (χ2v) is 7.08. The fourth-order valence-electron chi connectivity index (χ4n) is 2.62. The maximum absolute atomic E-state index is 12.5. The molecule has 13 nitrogen and oxygen atoms in total. The molecule has 0 aliphatic rings. The largest absolute Gasteiger partial charge is 0.480 e. The first-order valence-corrected chi connectivity index (χ1v) is 10.2. The first-order valence-electron chi connectivity index (χ1n) is 10.2. The van der Waals surface area contributed by atoms with E-state index in [1.807, 2.05) is 0 Å². The van der Waals surface area contributed by atoms with Crippen molar-refractivity contribution in [3.05, 3.63) is 0 Å². The van der Waals surface area contributed by atoms with Gasteiger partial charge in [0.05, 0.1) is 19.0 Å². The van der Waals surface area contributed by atoms with E-state index in [0.717, 1.165) is 6.42 Å². The average molecular weight is 446 g/mol. The fourth-order valence-corrected chi connectivity index (χ4v) is 2.62. The quantitative estimate of drug-likeness (QED) is 0.104. The van der Waals surface area contributed by atoms with Gasteiger partial charge in [-0.2, -0.15) is 0 Å². The highest BCUT2D eigenvalue weighted by molar-refractivity contribution is 5.93. The van der Waals surface area contributed by atoms with Gasteiger partial charge in [0.1, 0.15) is 12.1 Å². The zero-order chi connectivity index (χ0) is 23.8. The Hall–Kier alpha value is -2.77. The summed E-state index contributed by atoms with van der Waals surface area (Å²) in [5.41, 5.74) is 21.7. The van der Waals surface area contributed by atoms with Gasteiger partial charge in [0.15, 0.2) is 0 Å². The Bertz CT molecular complexity index is 616. The Labute approximate surface area is 181 Å². The van der Waals surface area contributed by atoms with Crippen LogP contribution in [-0.4, -0.2) is 72.5 Å². The van der Waals surface area contributed by atoms with E-state index in [0.29, 0.717) is 38.8 Å². The second-order valence-electron chi connectivity index (χ2n) is 7.08.